The molecule has 146 valence electrons. The molecule has 0 N–H and O–H groups in total. The number of para-hydroxylation sites is 2. The zero-order valence-electron chi connectivity index (χ0n) is 15.2. The molecule has 3 aromatic heterocycles. The van der Waals surface area contributed by atoms with Crippen LogP contribution in [0.5, 0.6) is 0 Å². The molecule has 0 saturated heterocycles. The molecule has 0 aliphatic rings. The first kappa shape index (κ1) is 18.0. The lowest BCUT2D eigenvalue weighted by molar-refractivity contribution is -0.388. The van der Waals surface area contributed by atoms with Crippen LogP contribution in [-0.4, -0.2) is 29.1 Å². The van der Waals surface area contributed by atoms with Gasteiger partial charge in [0.1, 0.15) is 0 Å². The topological polar surface area (TPSA) is 108 Å². The summed E-state index contributed by atoms with van der Waals surface area (Å²) in [6, 6.07) is 19.1. The summed E-state index contributed by atoms with van der Waals surface area (Å²) in [5, 5.41) is 20.9. The first-order chi connectivity index (χ1) is 14.6. The second-order valence-electron chi connectivity index (χ2n) is 6.30. The molecular formula is C20H12N6O3S. The van der Waals surface area contributed by atoms with Crippen LogP contribution in [0.4, 0.5) is 5.69 Å². The smallest absolute Gasteiger partial charge is 0.268 e. The fraction of sp³-hybridized carbons (Fsp3) is 0. The number of fused-ring (bicyclic) bond motifs is 3. The van der Waals surface area contributed by atoms with Crippen molar-refractivity contribution in [1.29, 1.82) is 0 Å². The van der Waals surface area contributed by atoms with Crippen LogP contribution in [-0.2, 0) is 0 Å². The van der Waals surface area contributed by atoms with E-state index in [0.717, 1.165) is 11.8 Å². The third-order valence-corrected chi connectivity index (χ3v) is 5.50. The summed E-state index contributed by atoms with van der Waals surface area (Å²) < 4.78 is 3.19. The minimum Gasteiger partial charge on any atom is -0.268 e. The van der Waals surface area contributed by atoms with E-state index in [9.17, 15) is 14.9 Å². The van der Waals surface area contributed by atoms with Crippen LogP contribution in [0.25, 0.3) is 22.4 Å². The van der Waals surface area contributed by atoms with Crippen LogP contribution >= 0.6 is 11.8 Å². The highest BCUT2D eigenvalue weighted by molar-refractivity contribution is 7.99. The van der Waals surface area contributed by atoms with Gasteiger partial charge in [0.25, 0.3) is 5.56 Å². The lowest BCUT2D eigenvalue weighted by Crippen LogP contribution is -2.21. The molecule has 2 aromatic carbocycles. The summed E-state index contributed by atoms with van der Waals surface area (Å²) in [5.74, 6) is 0.311. The van der Waals surface area contributed by atoms with Gasteiger partial charge >= 0.3 is 5.69 Å². The Balaban J connectivity index is 1.82. The zero-order chi connectivity index (χ0) is 20.7. The van der Waals surface area contributed by atoms with Gasteiger partial charge in [0.15, 0.2) is 5.03 Å². The van der Waals surface area contributed by atoms with Gasteiger partial charge in [-0.15, -0.1) is 10.2 Å². The monoisotopic (exact) mass is 416 g/mol. The van der Waals surface area contributed by atoms with E-state index in [4.69, 9.17) is 0 Å². The average molecular weight is 416 g/mol. The van der Waals surface area contributed by atoms with Gasteiger partial charge in [-0.05, 0) is 42.1 Å². The highest BCUT2D eigenvalue weighted by Crippen LogP contribution is 2.33. The Kier molecular flexibility index (Phi) is 4.25. The van der Waals surface area contributed by atoms with Crippen LogP contribution in [0, 0.1) is 10.1 Å². The maximum atomic E-state index is 13.2. The first-order valence-corrected chi connectivity index (χ1v) is 9.68. The van der Waals surface area contributed by atoms with Gasteiger partial charge < -0.3 is 0 Å². The van der Waals surface area contributed by atoms with Crippen LogP contribution in [0.1, 0.15) is 0 Å². The van der Waals surface area contributed by atoms with Crippen LogP contribution < -0.4 is 5.56 Å². The number of rotatable bonds is 4. The Bertz CT molecular complexity index is 1480. The largest absolute Gasteiger partial charge is 0.301 e. The minimum atomic E-state index is -0.490. The highest BCUT2D eigenvalue weighted by atomic mass is 32.2. The van der Waals surface area contributed by atoms with Gasteiger partial charge in [-0.25, -0.2) is 9.55 Å². The van der Waals surface area contributed by atoms with Crippen molar-refractivity contribution in [3.05, 3.63) is 93.4 Å². The Hall–Kier alpha value is -4.05. The highest BCUT2D eigenvalue weighted by Gasteiger charge is 2.22. The van der Waals surface area contributed by atoms with Crippen molar-refractivity contribution in [2.75, 3.05) is 0 Å². The van der Waals surface area contributed by atoms with Crippen molar-refractivity contribution in [1.82, 2.24) is 24.1 Å². The summed E-state index contributed by atoms with van der Waals surface area (Å²) in [7, 11) is 0. The molecule has 0 fully saturated rings. The molecule has 0 unspecified atom stereocenters. The van der Waals surface area contributed by atoms with E-state index >= 15 is 0 Å². The normalized spacial score (nSPS) is 11.2. The third kappa shape index (κ3) is 2.81. The lowest BCUT2D eigenvalue weighted by Gasteiger charge is -2.11. The SMILES string of the molecule is O=c1c2ccccc2n2c(Sc3ncccc3[N+](=O)[O-])nnc2n1-c1ccccc1. The number of hydrogen-bond donors (Lipinski definition) is 0. The summed E-state index contributed by atoms with van der Waals surface area (Å²) in [6.45, 7) is 0. The fourth-order valence-corrected chi connectivity index (χ4v) is 4.13. The molecule has 0 aliphatic heterocycles. The number of pyridine rings is 1. The van der Waals surface area contributed by atoms with E-state index in [0.29, 0.717) is 27.5 Å². The predicted molar refractivity (Wildman–Crippen MR) is 111 cm³/mol. The van der Waals surface area contributed by atoms with Gasteiger partial charge in [-0.2, -0.15) is 0 Å². The van der Waals surface area contributed by atoms with Gasteiger partial charge in [-0.1, -0.05) is 30.3 Å². The number of nitro groups is 1. The van der Waals surface area contributed by atoms with E-state index in [1.807, 2.05) is 24.3 Å². The molecule has 0 amide bonds. The molecular weight excluding hydrogens is 404 g/mol. The molecule has 5 rings (SSSR count). The van der Waals surface area contributed by atoms with E-state index < -0.39 is 4.92 Å². The van der Waals surface area contributed by atoms with E-state index in [-0.39, 0.29) is 16.3 Å². The lowest BCUT2D eigenvalue weighted by atomic mass is 10.2. The summed E-state index contributed by atoms with van der Waals surface area (Å²) in [6.07, 6.45) is 1.48. The molecule has 0 aliphatic carbocycles. The standard InChI is InChI=1S/C20H12N6O3S/c27-18-14-9-4-5-10-15(14)25-19(24(18)13-7-2-1-3-8-13)22-23-20(25)30-17-16(26(28)29)11-6-12-21-17/h1-12H. The zero-order valence-corrected chi connectivity index (χ0v) is 16.1. The molecule has 5 aromatic rings. The molecule has 10 heteroatoms. The molecule has 3 heterocycles. The van der Waals surface area contributed by atoms with Crippen molar-refractivity contribution in [3.63, 3.8) is 0 Å². The predicted octanol–water partition coefficient (Wildman–Crippen LogP) is 3.49. The van der Waals surface area contributed by atoms with Gasteiger partial charge in [0.05, 0.1) is 21.5 Å². The summed E-state index contributed by atoms with van der Waals surface area (Å²) >= 11 is 1.02. The fourth-order valence-electron chi connectivity index (χ4n) is 3.24. The average Bonchev–Trinajstić information content (AvgIpc) is 3.18. The second kappa shape index (κ2) is 7.08. The maximum Gasteiger partial charge on any atom is 0.301 e. The number of nitrogens with zero attached hydrogens (tertiary/aromatic N) is 6. The van der Waals surface area contributed by atoms with E-state index in [2.05, 4.69) is 15.2 Å². The molecule has 30 heavy (non-hydrogen) atoms. The van der Waals surface area contributed by atoms with Crippen molar-refractivity contribution < 1.29 is 4.92 Å². The number of hydrogen-bond acceptors (Lipinski definition) is 7. The van der Waals surface area contributed by atoms with E-state index in [1.165, 1.54) is 22.9 Å². The Morgan fingerprint density at radius 1 is 0.933 bits per heavy atom. The maximum absolute atomic E-state index is 13.2. The van der Waals surface area contributed by atoms with Crippen LogP contribution in [0.2, 0.25) is 0 Å². The number of benzene rings is 2. The Morgan fingerprint density at radius 2 is 1.70 bits per heavy atom. The van der Waals surface area contributed by atoms with Crippen LogP contribution in [0.15, 0.2) is 87.9 Å². The summed E-state index contributed by atoms with van der Waals surface area (Å²) in [4.78, 5) is 28.2. The van der Waals surface area contributed by atoms with Crippen molar-refractivity contribution in [2.24, 2.45) is 0 Å². The molecule has 0 saturated carbocycles. The van der Waals surface area contributed by atoms with Crippen molar-refractivity contribution in [3.8, 4) is 5.69 Å². The molecule has 0 bridgehead atoms. The molecule has 0 atom stereocenters. The molecule has 9 nitrogen and oxygen atoms in total. The van der Waals surface area contributed by atoms with Crippen LogP contribution in [0.3, 0.4) is 0 Å². The van der Waals surface area contributed by atoms with Gasteiger partial charge in [-0.3, -0.25) is 19.3 Å². The van der Waals surface area contributed by atoms with Crippen molar-refractivity contribution in [2.45, 2.75) is 10.2 Å². The van der Waals surface area contributed by atoms with Crippen molar-refractivity contribution >= 4 is 34.1 Å². The van der Waals surface area contributed by atoms with Gasteiger partial charge in [0.2, 0.25) is 10.9 Å². The molecule has 0 radical (unpaired) electrons. The van der Waals surface area contributed by atoms with Gasteiger partial charge in [0, 0.05) is 12.3 Å². The number of aromatic nitrogens is 5. The minimum absolute atomic E-state index is 0.125. The second-order valence-corrected chi connectivity index (χ2v) is 7.25. The quantitative estimate of drug-likeness (QED) is 0.326. The first-order valence-electron chi connectivity index (χ1n) is 8.87. The third-order valence-electron chi connectivity index (χ3n) is 4.54. The van der Waals surface area contributed by atoms with E-state index in [1.54, 1.807) is 34.7 Å². The molecule has 0 spiro atoms. The Labute approximate surface area is 172 Å². The summed E-state index contributed by atoms with van der Waals surface area (Å²) in [5.41, 5.74) is 0.902. The Morgan fingerprint density at radius 3 is 2.50 bits per heavy atom.